The summed E-state index contributed by atoms with van der Waals surface area (Å²) in [5, 5.41) is 0. The first-order chi connectivity index (χ1) is 7.65. The van der Waals surface area contributed by atoms with Gasteiger partial charge in [-0.3, -0.25) is 4.98 Å². The van der Waals surface area contributed by atoms with Crippen molar-refractivity contribution in [3.05, 3.63) is 23.5 Å². The van der Waals surface area contributed by atoms with Crippen LogP contribution in [0.1, 0.15) is 43.5 Å². The lowest BCUT2D eigenvalue weighted by Gasteiger charge is -2.33. The van der Waals surface area contributed by atoms with E-state index >= 15 is 0 Å². The number of nitrogens with two attached hydrogens (primary N) is 1. The fourth-order valence-electron chi connectivity index (χ4n) is 2.48. The van der Waals surface area contributed by atoms with Gasteiger partial charge in [-0.05, 0) is 31.9 Å². The summed E-state index contributed by atoms with van der Waals surface area (Å²) in [5.41, 5.74) is 8.15. The van der Waals surface area contributed by atoms with Gasteiger partial charge in [0, 0.05) is 5.69 Å². The summed E-state index contributed by atoms with van der Waals surface area (Å²) in [6, 6.07) is 3.94. The Kier molecular flexibility index (Phi) is 3.15. The van der Waals surface area contributed by atoms with Gasteiger partial charge in [-0.25, -0.2) is 0 Å². The van der Waals surface area contributed by atoms with E-state index in [1.54, 1.807) is 7.11 Å². The number of methoxy groups -OCH3 is 1. The van der Waals surface area contributed by atoms with E-state index in [4.69, 9.17) is 10.5 Å². The first kappa shape index (κ1) is 11.4. The minimum atomic E-state index is -0.282. The molecule has 1 heterocycles. The summed E-state index contributed by atoms with van der Waals surface area (Å²) in [7, 11) is 1.68. The van der Waals surface area contributed by atoms with Gasteiger partial charge in [0.05, 0.1) is 12.6 Å². The van der Waals surface area contributed by atoms with Crippen molar-refractivity contribution < 1.29 is 4.74 Å². The maximum absolute atomic E-state index is 6.48. The highest BCUT2D eigenvalue weighted by Crippen LogP contribution is 2.37. The molecule has 2 rings (SSSR count). The summed E-state index contributed by atoms with van der Waals surface area (Å²) in [4.78, 5) is 4.59. The maximum atomic E-state index is 6.48. The Bertz CT molecular complexity index is 370. The van der Waals surface area contributed by atoms with E-state index in [-0.39, 0.29) is 5.54 Å². The zero-order chi connectivity index (χ0) is 11.6. The van der Waals surface area contributed by atoms with Gasteiger partial charge in [0.25, 0.3) is 0 Å². The van der Waals surface area contributed by atoms with Crippen LogP contribution in [0.5, 0.6) is 5.75 Å². The average Bonchev–Trinajstić information content (AvgIpc) is 2.30. The number of nitrogens with zero attached hydrogens (tertiary/aromatic N) is 1. The van der Waals surface area contributed by atoms with Gasteiger partial charge in [0.2, 0.25) is 0 Å². The maximum Gasteiger partial charge on any atom is 0.142 e. The second kappa shape index (κ2) is 4.42. The molecule has 1 saturated carbocycles. The first-order valence-electron chi connectivity index (χ1n) is 5.97. The SMILES string of the molecule is COc1ccc(C)nc1C1(N)CCCCC1. The van der Waals surface area contributed by atoms with Gasteiger partial charge in [-0.15, -0.1) is 0 Å². The van der Waals surface area contributed by atoms with E-state index in [1.165, 1.54) is 19.3 Å². The van der Waals surface area contributed by atoms with Crippen molar-refractivity contribution in [3.8, 4) is 5.75 Å². The van der Waals surface area contributed by atoms with Crippen molar-refractivity contribution in [3.63, 3.8) is 0 Å². The van der Waals surface area contributed by atoms with Gasteiger partial charge in [0.15, 0.2) is 0 Å². The van der Waals surface area contributed by atoms with Crippen LogP contribution in [0, 0.1) is 6.92 Å². The first-order valence-corrected chi connectivity index (χ1v) is 5.97. The zero-order valence-electron chi connectivity index (χ0n) is 10.1. The van der Waals surface area contributed by atoms with Crippen LogP contribution in [0.2, 0.25) is 0 Å². The number of hydrogen-bond donors (Lipinski definition) is 1. The molecule has 0 bridgehead atoms. The Labute approximate surface area is 97.0 Å². The molecule has 1 aliphatic carbocycles. The molecule has 3 heteroatoms. The highest BCUT2D eigenvalue weighted by atomic mass is 16.5. The molecule has 1 aromatic heterocycles. The number of ether oxygens (including phenoxy) is 1. The lowest BCUT2D eigenvalue weighted by Crippen LogP contribution is -2.39. The van der Waals surface area contributed by atoms with Crippen molar-refractivity contribution in [1.29, 1.82) is 0 Å². The monoisotopic (exact) mass is 220 g/mol. The van der Waals surface area contributed by atoms with Crippen molar-refractivity contribution in [2.75, 3.05) is 7.11 Å². The molecule has 0 aliphatic heterocycles. The molecule has 1 aliphatic rings. The molecule has 0 radical (unpaired) electrons. The van der Waals surface area contributed by atoms with E-state index in [0.717, 1.165) is 30.0 Å². The molecular weight excluding hydrogens is 200 g/mol. The van der Waals surface area contributed by atoms with E-state index < -0.39 is 0 Å². The fourth-order valence-corrected chi connectivity index (χ4v) is 2.48. The number of rotatable bonds is 2. The lowest BCUT2D eigenvalue weighted by atomic mass is 9.79. The Balaban J connectivity index is 2.40. The largest absolute Gasteiger partial charge is 0.495 e. The molecular formula is C13H20N2O. The molecule has 1 fully saturated rings. The van der Waals surface area contributed by atoms with E-state index in [0.29, 0.717) is 0 Å². The van der Waals surface area contributed by atoms with E-state index in [2.05, 4.69) is 4.98 Å². The van der Waals surface area contributed by atoms with Crippen molar-refractivity contribution in [2.24, 2.45) is 5.73 Å². The standard InChI is InChI=1S/C13H20N2O/c1-10-6-7-11(16-2)12(15-10)13(14)8-4-3-5-9-13/h6-7H,3-5,8-9,14H2,1-2H3. The summed E-state index contributed by atoms with van der Waals surface area (Å²) in [6.45, 7) is 2.00. The van der Waals surface area contributed by atoms with Gasteiger partial charge in [0.1, 0.15) is 11.4 Å². The minimum Gasteiger partial charge on any atom is -0.495 e. The van der Waals surface area contributed by atoms with Crippen LogP contribution in [0.25, 0.3) is 0 Å². The van der Waals surface area contributed by atoms with Gasteiger partial charge >= 0.3 is 0 Å². The molecule has 0 unspecified atom stereocenters. The third kappa shape index (κ3) is 2.05. The summed E-state index contributed by atoms with van der Waals surface area (Å²) in [6.07, 6.45) is 5.69. The van der Waals surface area contributed by atoms with Crippen molar-refractivity contribution in [1.82, 2.24) is 4.98 Å². The Hall–Kier alpha value is -1.09. The second-order valence-electron chi connectivity index (χ2n) is 4.72. The van der Waals surface area contributed by atoms with Crippen LogP contribution in [0.3, 0.4) is 0 Å². The predicted molar refractivity (Wildman–Crippen MR) is 64.5 cm³/mol. The minimum absolute atomic E-state index is 0.282. The number of aromatic nitrogens is 1. The van der Waals surface area contributed by atoms with Gasteiger partial charge in [-0.2, -0.15) is 0 Å². The normalized spacial score (nSPS) is 19.4. The zero-order valence-corrected chi connectivity index (χ0v) is 10.1. The smallest absolute Gasteiger partial charge is 0.142 e. The molecule has 16 heavy (non-hydrogen) atoms. The third-order valence-corrected chi connectivity index (χ3v) is 3.43. The third-order valence-electron chi connectivity index (χ3n) is 3.43. The number of aryl methyl sites for hydroxylation is 1. The van der Waals surface area contributed by atoms with Crippen LogP contribution in [0.15, 0.2) is 12.1 Å². The Morgan fingerprint density at radius 1 is 1.25 bits per heavy atom. The summed E-state index contributed by atoms with van der Waals surface area (Å²) in [5.74, 6) is 0.829. The van der Waals surface area contributed by atoms with E-state index in [1.807, 2.05) is 19.1 Å². The quantitative estimate of drug-likeness (QED) is 0.833. The van der Waals surface area contributed by atoms with Crippen LogP contribution < -0.4 is 10.5 Å². The number of pyridine rings is 1. The summed E-state index contributed by atoms with van der Waals surface area (Å²) < 4.78 is 5.38. The topological polar surface area (TPSA) is 48.1 Å². The van der Waals surface area contributed by atoms with Crippen LogP contribution in [0.4, 0.5) is 0 Å². The molecule has 0 amide bonds. The Morgan fingerprint density at radius 3 is 2.56 bits per heavy atom. The molecule has 1 aromatic rings. The predicted octanol–water partition coefficient (Wildman–Crippen LogP) is 2.52. The van der Waals surface area contributed by atoms with Gasteiger partial charge in [-0.1, -0.05) is 19.3 Å². The molecule has 88 valence electrons. The molecule has 0 saturated heterocycles. The van der Waals surface area contributed by atoms with Crippen molar-refractivity contribution >= 4 is 0 Å². The molecule has 0 atom stereocenters. The highest BCUT2D eigenvalue weighted by molar-refractivity contribution is 5.35. The lowest BCUT2D eigenvalue weighted by molar-refractivity contribution is 0.280. The molecule has 3 nitrogen and oxygen atoms in total. The fraction of sp³-hybridized carbons (Fsp3) is 0.615. The van der Waals surface area contributed by atoms with Crippen LogP contribution in [-0.4, -0.2) is 12.1 Å². The summed E-state index contributed by atoms with van der Waals surface area (Å²) >= 11 is 0. The number of hydrogen-bond acceptors (Lipinski definition) is 3. The van der Waals surface area contributed by atoms with E-state index in [9.17, 15) is 0 Å². The van der Waals surface area contributed by atoms with Crippen LogP contribution in [-0.2, 0) is 5.54 Å². The Morgan fingerprint density at radius 2 is 1.94 bits per heavy atom. The van der Waals surface area contributed by atoms with Crippen LogP contribution >= 0.6 is 0 Å². The average molecular weight is 220 g/mol. The highest BCUT2D eigenvalue weighted by Gasteiger charge is 2.33. The molecule has 2 N–H and O–H groups in total. The van der Waals surface area contributed by atoms with Crippen molar-refractivity contribution in [2.45, 2.75) is 44.6 Å². The van der Waals surface area contributed by atoms with Gasteiger partial charge < -0.3 is 10.5 Å². The second-order valence-corrected chi connectivity index (χ2v) is 4.72. The molecule has 0 aromatic carbocycles. The molecule has 0 spiro atoms.